The number of amides is 2. The van der Waals surface area contributed by atoms with Gasteiger partial charge in [-0.1, -0.05) is 72.6 Å². The number of nitrogens with zero attached hydrogens (tertiary/aromatic N) is 2. The number of nitrogens with one attached hydrogen (secondary N) is 1. The topological polar surface area (TPSA) is 86.8 Å². The summed E-state index contributed by atoms with van der Waals surface area (Å²) < 4.78 is 27.0. The van der Waals surface area contributed by atoms with Crippen molar-refractivity contribution in [3.05, 3.63) is 76.3 Å². The first-order chi connectivity index (χ1) is 17.4. The molecule has 0 aliphatic rings. The summed E-state index contributed by atoms with van der Waals surface area (Å²) in [6.45, 7) is 4.88. The maximum Gasteiger partial charge on any atom is 0.244 e. The van der Waals surface area contributed by atoms with Crippen LogP contribution in [0.4, 0.5) is 5.69 Å². The van der Waals surface area contributed by atoms with E-state index in [1.165, 1.54) is 4.90 Å². The fraction of sp³-hybridized carbons (Fsp3) is 0.333. The zero-order chi connectivity index (χ0) is 27.3. The Morgan fingerprint density at radius 2 is 1.54 bits per heavy atom. The lowest BCUT2D eigenvalue weighted by molar-refractivity contribution is -0.140. The number of carbonyl (C=O) groups excluding carboxylic acids is 2. The normalized spacial score (nSPS) is 12.4. The van der Waals surface area contributed by atoms with E-state index in [0.717, 1.165) is 15.9 Å². The highest BCUT2D eigenvalue weighted by Crippen LogP contribution is 2.30. The highest BCUT2D eigenvalue weighted by atomic mass is 35.5. The molecule has 0 spiro atoms. The lowest BCUT2D eigenvalue weighted by Crippen LogP contribution is -2.53. The molecule has 0 saturated carbocycles. The quantitative estimate of drug-likeness (QED) is 0.365. The van der Waals surface area contributed by atoms with Crippen LogP contribution < -0.4 is 9.62 Å². The largest absolute Gasteiger partial charge is 0.352 e. The Morgan fingerprint density at radius 1 is 0.946 bits per heavy atom. The lowest BCUT2D eigenvalue weighted by Gasteiger charge is -2.33. The molecule has 37 heavy (non-hydrogen) atoms. The maximum atomic E-state index is 13.9. The van der Waals surface area contributed by atoms with E-state index in [0.29, 0.717) is 33.1 Å². The number of anilines is 1. The summed E-state index contributed by atoms with van der Waals surface area (Å²) in [5, 5.41) is 5.07. The SMILES string of the molecule is CC[C@@H](C(=O)NC(C)C)N(Cc1c(Cl)cccc1Cl)C(=O)CN(c1cccc2ccccc12)S(C)(=O)=O. The van der Waals surface area contributed by atoms with E-state index in [9.17, 15) is 18.0 Å². The Labute approximate surface area is 228 Å². The second-order valence-corrected chi connectivity index (χ2v) is 11.8. The van der Waals surface area contributed by atoms with Gasteiger partial charge in [-0.15, -0.1) is 0 Å². The van der Waals surface area contributed by atoms with Crippen LogP contribution in [0.2, 0.25) is 10.0 Å². The first kappa shape index (κ1) is 28.8. The van der Waals surface area contributed by atoms with Gasteiger partial charge in [-0.05, 0) is 43.9 Å². The zero-order valence-corrected chi connectivity index (χ0v) is 23.6. The van der Waals surface area contributed by atoms with Crippen molar-refractivity contribution in [2.24, 2.45) is 0 Å². The van der Waals surface area contributed by atoms with Gasteiger partial charge >= 0.3 is 0 Å². The average Bonchev–Trinajstić information content (AvgIpc) is 2.82. The molecule has 0 bridgehead atoms. The van der Waals surface area contributed by atoms with E-state index < -0.39 is 28.5 Å². The van der Waals surface area contributed by atoms with Crippen molar-refractivity contribution >= 4 is 61.5 Å². The highest BCUT2D eigenvalue weighted by Gasteiger charge is 2.33. The van der Waals surface area contributed by atoms with E-state index in [2.05, 4.69) is 5.32 Å². The smallest absolute Gasteiger partial charge is 0.244 e. The monoisotopic (exact) mass is 563 g/mol. The summed E-state index contributed by atoms with van der Waals surface area (Å²) in [7, 11) is -3.87. The molecule has 1 atom stereocenters. The van der Waals surface area contributed by atoms with Crippen molar-refractivity contribution in [2.75, 3.05) is 17.1 Å². The van der Waals surface area contributed by atoms with Crippen LogP contribution in [0.3, 0.4) is 0 Å². The molecule has 0 unspecified atom stereocenters. The molecular weight excluding hydrogens is 533 g/mol. The van der Waals surface area contributed by atoms with Gasteiger partial charge in [0.1, 0.15) is 12.6 Å². The van der Waals surface area contributed by atoms with Gasteiger partial charge in [-0.3, -0.25) is 13.9 Å². The minimum Gasteiger partial charge on any atom is -0.352 e. The molecule has 198 valence electrons. The van der Waals surface area contributed by atoms with Gasteiger partial charge in [-0.25, -0.2) is 8.42 Å². The van der Waals surface area contributed by atoms with Crippen molar-refractivity contribution in [3.63, 3.8) is 0 Å². The van der Waals surface area contributed by atoms with Crippen molar-refractivity contribution in [1.82, 2.24) is 10.2 Å². The van der Waals surface area contributed by atoms with Crippen LogP contribution in [0.5, 0.6) is 0 Å². The van der Waals surface area contributed by atoms with Gasteiger partial charge < -0.3 is 10.2 Å². The second-order valence-electron chi connectivity index (χ2n) is 9.08. The Hall–Kier alpha value is -2.81. The number of carbonyl (C=O) groups is 2. The minimum atomic E-state index is -3.87. The molecule has 0 aliphatic heterocycles. The number of rotatable bonds is 10. The number of benzene rings is 3. The fourth-order valence-electron chi connectivity index (χ4n) is 4.17. The Balaban J connectivity index is 2.07. The van der Waals surface area contributed by atoms with Gasteiger partial charge in [0.15, 0.2) is 0 Å². The highest BCUT2D eigenvalue weighted by molar-refractivity contribution is 7.92. The zero-order valence-electron chi connectivity index (χ0n) is 21.2. The van der Waals surface area contributed by atoms with Crippen LogP contribution in [-0.2, 0) is 26.2 Å². The standard InChI is InChI=1S/C27H31Cl2N3O4S/c1-5-24(27(34)30-18(2)3)31(16-21-22(28)13-9-14-23(21)29)26(33)17-32(37(4,35)36)25-15-8-11-19-10-6-7-12-20(19)25/h6-15,18,24H,5,16-17H2,1-4H3,(H,30,34)/t24-/m0/s1. The summed E-state index contributed by atoms with van der Waals surface area (Å²) in [6, 6.07) is 16.6. The van der Waals surface area contributed by atoms with Gasteiger partial charge in [0.25, 0.3) is 0 Å². The summed E-state index contributed by atoms with van der Waals surface area (Å²) in [5.74, 6) is -0.898. The predicted molar refractivity (Wildman–Crippen MR) is 151 cm³/mol. The summed E-state index contributed by atoms with van der Waals surface area (Å²) in [5.41, 5.74) is 0.857. The van der Waals surface area contributed by atoms with E-state index in [-0.39, 0.29) is 18.5 Å². The van der Waals surface area contributed by atoms with Crippen LogP contribution in [0.25, 0.3) is 10.8 Å². The third kappa shape index (κ3) is 6.94. The molecule has 0 saturated heterocycles. The second kappa shape index (κ2) is 12.2. The van der Waals surface area contributed by atoms with Crippen LogP contribution in [-0.4, -0.2) is 50.0 Å². The number of halogens is 2. The van der Waals surface area contributed by atoms with E-state index >= 15 is 0 Å². The molecule has 0 fully saturated rings. The van der Waals surface area contributed by atoms with Crippen molar-refractivity contribution in [3.8, 4) is 0 Å². The van der Waals surface area contributed by atoms with Crippen LogP contribution in [0.1, 0.15) is 32.8 Å². The molecule has 3 rings (SSSR count). The number of fused-ring (bicyclic) bond motifs is 1. The molecule has 0 radical (unpaired) electrons. The molecule has 3 aromatic rings. The van der Waals surface area contributed by atoms with E-state index in [1.54, 1.807) is 43.3 Å². The third-order valence-electron chi connectivity index (χ3n) is 5.92. The van der Waals surface area contributed by atoms with E-state index in [4.69, 9.17) is 23.2 Å². The van der Waals surface area contributed by atoms with Gasteiger partial charge in [0.2, 0.25) is 21.8 Å². The molecule has 0 aromatic heterocycles. The third-order valence-corrected chi connectivity index (χ3v) is 7.76. The Morgan fingerprint density at radius 3 is 2.14 bits per heavy atom. The van der Waals surface area contributed by atoms with Crippen molar-refractivity contribution < 1.29 is 18.0 Å². The van der Waals surface area contributed by atoms with Crippen molar-refractivity contribution in [2.45, 2.75) is 45.8 Å². The molecule has 1 N–H and O–H groups in total. The number of hydrogen-bond donors (Lipinski definition) is 1. The summed E-state index contributed by atoms with van der Waals surface area (Å²) >= 11 is 12.8. The average molecular weight is 565 g/mol. The molecular formula is C27H31Cl2N3O4S. The van der Waals surface area contributed by atoms with Crippen LogP contribution >= 0.6 is 23.2 Å². The first-order valence-electron chi connectivity index (χ1n) is 11.9. The molecule has 3 aromatic carbocycles. The lowest BCUT2D eigenvalue weighted by atomic mass is 10.1. The molecule has 0 aliphatic carbocycles. The first-order valence-corrected chi connectivity index (χ1v) is 14.5. The van der Waals surface area contributed by atoms with Gasteiger partial charge in [0.05, 0.1) is 11.9 Å². The van der Waals surface area contributed by atoms with Crippen LogP contribution in [0.15, 0.2) is 60.7 Å². The van der Waals surface area contributed by atoms with Crippen molar-refractivity contribution in [1.29, 1.82) is 0 Å². The summed E-state index contributed by atoms with van der Waals surface area (Å²) in [6.07, 6.45) is 1.36. The fourth-order valence-corrected chi connectivity index (χ4v) is 5.55. The Bertz CT molecular complexity index is 1370. The maximum absolute atomic E-state index is 13.9. The van der Waals surface area contributed by atoms with E-state index in [1.807, 2.05) is 38.1 Å². The number of hydrogen-bond acceptors (Lipinski definition) is 4. The van der Waals surface area contributed by atoms with Gasteiger partial charge in [0, 0.05) is 33.6 Å². The molecule has 7 nitrogen and oxygen atoms in total. The number of sulfonamides is 1. The molecule has 0 heterocycles. The summed E-state index contributed by atoms with van der Waals surface area (Å²) in [4.78, 5) is 28.4. The Kier molecular flexibility index (Phi) is 9.45. The predicted octanol–water partition coefficient (Wildman–Crippen LogP) is 5.24. The van der Waals surface area contributed by atoms with Gasteiger partial charge in [-0.2, -0.15) is 0 Å². The molecule has 10 heteroatoms. The van der Waals surface area contributed by atoms with Crippen LogP contribution in [0, 0.1) is 0 Å². The molecule has 2 amide bonds. The minimum absolute atomic E-state index is 0.0610.